The summed E-state index contributed by atoms with van der Waals surface area (Å²) >= 11 is 0. The van der Waals surface area contributed by atoms with Crippen LogP contribution in [0.25, 0.3) is 0 Å². The second kappa shape index (κ2) is 7.24. The van der Waals surface area contributed by atoms with E-state index in [1.54, 1.807) is 0 Å². The number of hydrogen-bond acceptors (Lipinski definition) is 3. The van der Waals surface area contributed by atoms with Crippen LogP contribution in [-0.4, -0.2) is 20.5 Å². The number of nitrogens with two attached hydrogens (primary N) is 1. The molecule has 0 aromatic heterocycles. The molecule has 19 heavy (non-hydrogen) atoms. The lowest BCUT2D eigenvalue weighted by Gasteiger charge is -2.26. The van der Waals surface area contributed by atoms with Gasteiger partial charge in [0.15, 0.2) is 0 Å². The topological polar surface area (TPSA) is 72.2 Å². The molecule has 0 amide bonds. The van der Waals surface area contributed by atoms with Crippen molar-refractivity contribution in [2.24, 2.45) is 5.73 Å². The Bertz CT molecular complexity index is 471. The molecule has 2 rings (SSSR count). The third kappa shape index (κ3) is 5.48. The Kier molecular flexibility index (Phi) is 6.26. The minimum absolute atomic E-state index is 0. The van der Waals surface area contributed by atoms with E-state index in [1.165, 1.54) is 0 Å². The lowest BCUT2D eigenvalue weighted by Crippen LogP contribution is -2.40. The van der Waals surface area contributed by atoms with E-state index < -0.39 is 10.0 Å². The van der Waals surface area contributed by atoms with Crippen LogP contribution in [0.4, 0.5) is 0 Å². The summed E-state index contributed by atoms with van der Waals surface area (Å²) in [5.74, 6) is 0.0520. The predicted octanol–water partition coefficient (Wildman–Crippen LogP) is 1.80. The molecule has 1 aromatic carbocycles. The molecule has 108 valence electrons. The van der Waals surface area contributed by atoms with Gasteiger partial charge in [0.05, 0.1) is 5.75 Å². The summed E-state index contributed by atoms with van der Waals surface area (Å²) in [6, 6.07) is 9.53. The van der Waals surface area contributed by atoms with Crippen LogP contribution < -0.4 is 10.5 Å². The first-order valence-electron chi connectivity index (χ1n) is 6.35. The van der Waals surface area contributed by atoms with Crippen molar-refractivity contribution in [3.63, 3.8) is 0 Å². The Morgan fingerprint density at radius 2 is 1.68 bits per heavy atom. The van der Waals surface area contributed by atoms with Crippen LogP contribution in [0, 0.1) is 0 Å². The molecular weight excluding hydrogens is 284 g/mol. The minimum Gasteiger partial charge on any atom is -0.328 e. The van der Waals surface area contributed by atoms with E-state index in [4.69, 9.17) is 5.73 Å². The van der Waals surface area contributed by atoms with E-state index in [-0.39, 0.29) is 30.2 Å². The van der Waals surface area contributed by atoms with Gasteiger partial charge in [-0.25, -0.2) is 13.1 Å². The molecule has 4 nitrogen and oxygen atoms in total. The monoisotopic (exact) mass is 304 g/mol. The van der Waals surface area contributed by atoms with Crippen molar-refractivity contribution in [3.8, 4) is 0 Å². The van der Waals surface area contributed by atoms with Crippen molar-refractivity contribution in [2.75, 3.05) is 0 Å². The fourth-order valence-electron chi connectivity index (χ4n) is 2.33. The smallest absolute Gasteiger partial charge is 0.216 e. The predicted molar refractivity (Wildman–Crippen MR) is 79.7 cm³/mol. The first-order valence-corrected chi connectivity index (χ1v) is 8.00. The van der Waals surface area contributed by atoms with Crippen LogP contribution in [0.1, 0.15) is 31.2 Å². The maximum absolute atomic E-state index is 12.0. The molecular formula is C13H21ClN2O2S. The van der Waals surface area contributed by atoms with Gasteiger partial charge in [0, 0.05) is 12.1 Å². The van der Waals surface area contributed by atoms with Gasteiger partial charge >= 0.3 is 0 Å². The van der Waals surface area contributed by atoms with Crippen LogP contribution in [0.2, 0.25) is 0 Å². The van der Waals surface area contributed by atoms with Crippen molar-refractivity contribution in [3.05, 3.63) is 35.9 Å². The zero-order chi connectivity index (χ0) is 13.0. The summed E-state index contributed by atoms with van der Waals surface area (Å²) in [4.78, 5) is 0. The fourth-order valence-corrected chi connectivity index (χ4v) is 3.78. The quantitative estimate of drug-likeness (QED) is 0.891. The maximum atomic E-state index is 12.0. The number of rotatable bonds is 4. The van der Waals surface area contributed by atoms with Crippen LogP contribution in [0.3, 0.4) is 0 Å². The Hall–Kier alpha value is -0.620. The van der Waals surface area contributed by atoms with Gasteiger partial charge in [-0.05, 0) is 31.2 Å². The SMILES string of the molecule is Cl.NC1CCC(NS(=O)(=O)Cc2ccccc2)CC1. The molecule has 1 aliphatic rings. The number of benzene rings is 1. The average Bonchev–Trinajstić information content (AvgIpc) is 2.32. The molecule has 6 heteroatoms. The lowest BCUT2D eigenvalue weighted by atomic mass is 9.93. The third-order valence-corrected chi connectivity index (χ3v) is 4.72. The van der Waals surface area contributed by atoms with Gasteiger partial charge in [0.1, 0.15) is 0 Å². The second-order valence-electron chi connectivity index (χ2n) is 4.97. The average molecular weight is 305 g/mol. The highest BCUT2D eigenvalue weighted by molar-refractivity contribution is 7.88. The van der Waals surface area contributed by atoms with Crippen molar-refractivity contribution < 1.29 is 8.42 Å². The molecule has 0 aliphatic heterocycles. The van der Waals surface area contributed by atoms with E-state index in [2.05, 4.69) is 4.72 Å². The third-order valence-electron chi connectivity index (χ3n) is 3.32. The molecule has 0 atom stereocenters. The first kappa shape index (κ1) is 16.4. The molecule has 3 N–H and O–H groups in total. The zero-order valence-corrected chi connectivity index (χ0v) is 12.4. The summed E-state index contributed by atoms with van der Waals surface area (Å²) in [6.45, 7) is 0. The number of sulfonamides is 1. The van der Waals surface area contributed by atoms with E-state index in [1.807, 2.05) is 30.3 Å². The van der Waals surface area contributed by atoms with Crippen molar-refractivity contribution in [2.45, 2.75) is 43.5 Å². The normalized spacial score (nSPS) is 23.6. The molecule has 0 unspecified atom stereocenters. The second-order valence-corrected chi connectivity index (χ2v) is 6.73. The van der Waals surface area contributed by atoms with Crippen molar-refractivity contribution in [1.82, 2.24) is 4.72 Å². The molecule has 0 bridgehead atoms. The van der Waals surface area contributed by atoms with E-state index in [0.717, 1.165) is 31.2 Å². The molecule has 1 saturated carbocycles. The van der Waals surface area contributed by atoms with E-state index in [0.29, 0.717) is 0 Å². The molecule has 1 aliphatic carbocycles. The summed E-state index contributed by atoms with van der Waals surface area (Å²) in [6.07, 6.45) is 3.49. The standard InChI is InChI=1S/C13H20N2O2S.ClH/c14-12-6-8-13(9-7-12)15-18(16,17)10-11-4-2-1-3-5-11;/h1-5,12-13,15H,6-10,14H2;1H. The van der Waals surface area contributed by atoms with Crippen molar-refractivity contribution in [1.29, 1.82) is 0 Å². The number of nitrogens with one attached hydrogen (secondary N) is 1. The molecule has 0 spiro atoms. The number of halogens is 1. The summed E-state index contributed by atoms with van der Waals surface area (Å²) in [5.41, 5.74) is 6.62. The van der Waals surface area contributed by atoms with Crippen LogP contribution >= 0.6 is 12.4 Å². The van der Waals surface area contributed by atoms with E-state index in [9.17, 15) is 8.42 Å². The Labute approximate surface area is 121 Å². The van der Waals surface area contributed by atoms with Crippen LogP contribution in [0.5, 0.6) is 0 Å². The molecule has 1 aromatic rings. The van der Waals surface area contributed by atoms with Crippen molar-refractivity contribution >= 4 is 22.4 Å². The number of hydrogen-bond donors (Lipinski definition) is 2. The van der Waals surface area contributed by atoms with E-state index >= 15 is 0 Å². The Balaban J connectivity index is 0.00000180. The van der Waals surface area contributed by atoms with Gasteiger partial charge in [-0.3, -0.25) is 0 Å². The van der Waals surface area contributed by atoms with Gasteiger partial charge in [-0.15, -0.1) is 12.4 Å². The largest absolute Gasteiger partial charge is 0.328 e. The van der Waals surface area contributed by atoms with Gasteiger partial charge in [0.2, 0.25) is 10.0 Å². The zero-order valence-electron chi connectivity index (χ0n) is 10.8. The lowest BCUT2D eigenvalue weighted by molar-refractivity contribution is 0.373. The summed E-state index contributed by atoms with van der Waals surface area (Å²) in [7, 11) is -3.24. The molecule has 1 fully saturated rings. The molecule has 0 saturated heterocycles. The molecule has 0 radical (unpaired) electrons. The Morgan fingerprint density at radius 3 is 2.26 bits per heavy atom. The highest BCUT2D eigenvalue weighted by Crippen LogP contribution is 2.18. The Morgan fingerprint density at radius 1 is 1.11 bits per heavy atom. The summed E-state index contributed by atoms with van der Waals surface area (Å²) < 4.78 is 26.8. The minimum atomic E-state index is -3.24. The highest BCUT2D eigenvalue weighted by Gasteiger charge is 2.23. The van der Waals surface area contributed by atoms with Crippen LogP contribution in [0.15, 0.2) is 30.3 Å². The summed E-state index contributed by atoms with van der Waals surface area (Å²) in [5, 5.41) is 0. The fraction of sp³-hybridized carbons (Fsp3) is 0.538. The van der Waals surface area contributed by atoms with Crippen LogP contribution in [-0.2, 0) is 15.8 Å². The maximum Gasteiger partial charge on any atom is 0.216 e. The van der Waals surface area contributed by atoms with Gasteiger partial charge in [-0.1, -0.05) is 30.3 Å². The first-order chi connectivity index (χ1) is 8.55. The highest BCUT2D eigenvalue weighted by atomic mass is 35.5. The molecule has 0 heterocycles. The van der Waals surface area contributed by atoms with Gasteiger partial charge in [0.25, 0.3) is 0 Å². The van der Waals surface area contributed by atoms with Gasteiger partial charge in [-0.2, -0.15) is 0 Å². The van der Waals surface area contributed by atoms with Gasteiger partial charge < -0.3 is 5.73 Å².